The summed E-state index contributed by atoms with van der Waals surface area (Å²) in [5, 5.41) is 0. The van der Waals surface area contributed by atoms with Crippen LogP contribution in [0.1, 0.15) is 58.3 Å². The van der Waals surface area contributed by atoms with E-state index in [1.54, 1.807) is 0 Å². The molecule has 0 aliphatic heterocycles. The van der Waals surface area contributed by atoms with Crippen molar-refractivity contribution in [3.05, 3.63) is 0 Å². The van der Waals surface area contributed by atoms with Crippen molar-refractivity contribution in [2.75, 3.05) is 0 Å². The van der Waals surface area contributed by atoms with E-state index in [9.17, 15) is 13.2 Å². The standard InChI is InChI=1S/C13H24F3N/c1-2-3-10-4-6-11(7-5-10)12(17)8-9-13(14,15)16/h10-12H,2-9,17H2,1H3. The molecule has 1 atom stereocenters. The van der Waals surface area contributed by atoms with E-state index in [1.165, 1.54) is 12.8 Å². The van der Waals surface area contributed by atoms with Crippen molar-refractivity contribution in [1.29, 1.82) is 0 Å². The number of hydrogen-bond donors (Lipinski definition) is 1. The first kappa shape index (κ1) is 14.8. The van der Waals surface area contributed by atoms with Gasteiger partial charge in [0, 0.05) is 12.5 Å². The lowest BCUT2D eigenvalue weighted by atomic mass is 9.76. The van der Waals surface area contributed by atoms with E-state index in [2.05, 4.69) is 6.92 Å². The van der Waals surface area contributed by atoms with Crippen LogP contribution in [0.3, 0.4) is 0 Å². The van der Waals surface area contributed by atoms with Crippen molar-refractivity contribution in [3.63, 3.8) is 0 Å². The summed E-state index contributed by atoms with van der Waals surface area (Å²) < 4.78 is 36.3. The molecule has 0 saturated heterocycles. The van der Waals surface area contributed by atoms with Crippen LogP contribution in [0.5, 0.6) is 0 Å². The van der Waals surface area contributed by atoms with Gasteiger partial charge < -0.3 is 5.73 Å². The lowest BCUT2D eigenvalue weighted by molar-refractivity contribution is -0.137. The Balaban J connectivity index is 2.23. The Morgan fingerprint density at radius 2 is 1.76 bits per heavy atom. The summed E-state index contributed by atoms with van der Waals surface area (Å²) >= 11 is 0. The molecule has 1 rings (SSSR count). The van der Waals surface area contributed by atoms with Gasteiger partial charge >= 0.3 is 6.18 Å². The third-order valence-electron chi connectivity index (χ3n) is 3.95. The monoisotopic (exact) mass is 251 g/mol. The highest BCUT2D eigenvalue weighted by molar-refractivity contribution is 4.80. The highest BCUT2D eigenvalue weighted by Gasteiger charge is 2.31. The van der Waals surface area contributed by atoms with Gasteiger partial charge in [0.1, 0.15) is 0 Å². The largest absolute Gasteiger partial charge is 0.389 e. The lowest BCUT2D eigenvalue weighted by Crippen LogP contribution is -2.34. The van der Waals surface area contributed by atoms with Crippen molar-refractivity contribution in [2.45, 2.75) is 70.5 Å². The van der Waals surface area contributed by atoms with E-state index < -0.39 is 12.6 Å². The zero-order chi connectivity index (χ0) is 12.9. The molecule has 0 bridgehead atoms. The Morgan fingerprint density at radius 3 is 2.24 bits per heavy atom. The highest BCUT2D eigenvalue weighted by atomic mass is 19.4. The van der Waals surface area contributed by atoms with Gasteiger partial charge in [-0.1, -0.05) is 32.6 Å². The topological polar surface area (TPSA) is 26.0 Å². The molecule has 102 valence electrons. The number of alkyl halides is 3. The summed E-state index contributed by atoms with van der Waals surface area (Å²) in [4.78, 5) is 0. The molecule has 0 aromatic rings. The maximum Gasteiger partial charge on any atom is 0.389 e. The summed E-state index contributed by atoms with van der Waals surface area (Å²) in [6, 6.07) is -0.265. The van der Waals surface area contributed by atoms with E-state index in [0.29, 0.717) is 5.92 Å². The highest BCUT2D eigenvalue weighted by Crippen LogP contribution is 2.34. The number of nitrogens with two attached hydrogens (primary N) is 1. The molecule has 1 unspecified atom stereocenters. The van der Waals surface area contributed by atoms with Crippen molar-refractivity contribution >= 4 is 0 Å². The molecular formula is C13H24F3N. The summed E-state index contributed by atoms with van der Waals surface area (Å²) in [6.07, 6.45) is 2.09. The van der Waals surface area contributed by atoms with E-state index in [4.69, 9.17) is 5.73 Å². The summed E-state index contributed by atoms with van der Waals surface area (Å²) in [5.41, 5.74) is 5.88. The fraction of sp³-hybridized carbons (Fsp3) is 1.00. The number of halogens is 3. The van der Waals surface area contributed by atoms with Gasteiger partial charge in [-0.2, -0.15) is 13.2 Å². The molecule has 17 heavy (non-hydrogen) atoms. The first-order valence-electron chi connectivity index (χ1n) is 6.74. The zero-order valence-electron chi connectivity index (χ0n) is 10.6. The molecule has 0 aromatic heterocycles. The normalized spacial score (nSPS) is 28.1. The zero-order valence-corrected chi connectivity index (χ0v) is 10.6. The van der Waals surface area contributed by atoms with Crippen molar-refractivity contribution in [1.82, 2.24) is 0 Å². The van der Waals surface area contributed by atoms with Gasteiger partial charge in [0.2, 0.25) is 0 Å². The second-order valence-corrected chi connectivity index (χ2v) is 5.39. The molecule has 1 saturated carbocycles. The molecule has 0 radical (unpaired) electrons. The van der Waals surface area contributed by atoms with Crippen LogP contribution in [0, 0.1) is 11.8 Å². The fourth-order valence-corrected chi connectivity index (χ4v) is 2.88. The van der Waals surface area contributed by atoms with Crippen molar-refractivity contribution in [2.24, 2.45) is 17.6 Å². The molecule has 1 nitrogen and oxygen atoms in total. The molecule has 0 aromatic carbocycles. The van der Waals surface area contributed by atoms with Gasteiger partial charge in [-0.15, -0.1) is 0 Å². The summed E-state index contributed by atoms with van der Waals surface area (Å²) in [5.74, 6) is 1.09. The van der Waals surface area contributed by atoms with Crippen molar-refractivity contribution < 1.29 is 13.2 Å². The predicted octanol–water partition coefficient (Wildman–Crippen LogP) is 4.26. The van der Waals surface area contributed by atoms with Crippen LogP contribution >= 0.6 is 0 Å². The van der Waals surface area contributed by atoms with E-state index in [-0.39, 0.29) is 12.5 Å². The molecule has 0 spiro atoms. The van der Waals surface area contributed by atoms with E-state index >= 15 is 0 Å². The quantitative estimate of drug-likeness (QED) is 0.776. The van der Waals surface area contributed by atoms with Crippen LogP contribution in [-0.4, -0.2) is 12.2 Å². The maximum absolute atomic E-state index is 12.1. The average Bonchev–Trinajstić information content (AvgIpc) is 2.26. The van der Waals surface area contributed by atoms with Crippen LogP contribution in [-0.2, 0) is 0 Å². The predicted molar refractivity (Wildman–Crippen MR) is 63.6 cm³/mol. The molecule has 1 fully saturated rings. The van der Waals surface area contributed by atoms with Crippen LogP contribution in [0.15, 0.2) is 0 Å². The molecule has 1 aliphatic rings. The second kappa shape index (κ2) is 6.62. The van der Waals surface area contributed by atoms with E-state index in [1.807, 2.05) is 0 Å². The molecule has 0 amide bonds. The third kappa shape index (κ3) is 5.75. The van der Waals surface area contributed by atoms with Gasteiger partial charge in [-0.25, -0.2) is 0 Å². The van der Waals surface area contributed by atoms with Gasteiger partial charge in [0.15, 0.2) is 0 Å². The van der Waals surface area contributed by atoms with Crippen LogP contribution < -0.4 is 5.73 Å². The molecule has 4 heteroatoms. The maximum atomic E-state index is 12.1. The number of hydrogen-bond acceptors (Lipinski definition) is 1. The molecule has 2 N–H and O–H groups in total. The number of rotatable bonds is 5. The first-order chi connectivity index (χ1) is 7.92. The smallest absolute Gasteiger partial charge is 0.327 e. The van der Waals surface area contributed by atoms with Gasteiger partial charge in [0.05, 0.1) is 0 Å². The van der Waals surface area contributed by atoms with Crippen LogP contribution in [0.25, 0.3) is 0 Å². The van der Waals surface area contributed by atoms with Crippen molar-refractivity contribution in [3.8, 4) is 0 Å². The van der Waals surface area contributed by atoms with Crippen LogP contribution in [0.4, 0.5) is 13.2 Å². The summed E-state index contributed by atoms with van der Waals surface area (Å²) in [6.45, 7) is 2.18. The van der Waals surface area contributed by atoms with Gasteiger partial charge in [-0.05, 0) is 31.1 Å². The Bertz CT molecular complexity index is 207. The van der Waals surface area contributed by atoms with Crippen LogP contribution in [0.2, 0.25) is 0 Å². The van der Waals surface area contributed by atoms with E-state index in [0.717, 1.165) is 31.6 Å². The lowest BCUT2D eigenvalue weighted by Gasteiger charge is -2.32. The fourth-order valence-electron chi connectivity index (χ4n) is 2.88. The second-order valence-electron chi connectivity index (χ2n) is 5.39. The Hall–Kier alpha value is -0.250. The SMILES string of the molecule is CCCC1CCC(C(N)CCC(F)(F)F)CC1. The Morgan fingerprint density at radius 1 is 1.18 bits per heavy atom. The minimum atomic E-state index is -4.06. The van der Waals surface area contributed by atoms with Gasteiger partial charge in [0.25, 0.3) is 0 Å². The minimum Gasteiger partial charge on any atom is -0.327 e. The first-order valence-corrected chi connectivity index (χ1v) is 6.74. The Kier molecular flexibility index (Phi) is 5.77. The molecule has 1 aliphatic carbocycles. The summed E-state index contributed by atoms with van der Waals surface area (Å²) in [7, 11) is 0. The minimum absolute atomic E-state index is 0.0899. The average molecular weight is 251 g/mol. The molecular weight excluding hydrogens is 227 g/mol. The third-order valence-corrected chi connectivity index (χ3v) is 3.95. The molecule has 0 heterocycles. The Labute approximate surface area is 102 Å². The van der Waals surface area contributed by atoms with Gasteiger partial charge in [-0.3, -0.25) is 0 Å².